The van der Waals surface area contributed by atoms with Crippen LogP contribution in [0.1, 0.15) is 17.5 Å². The maximum Gasteiger partial charge on any atom is 0.193 e. The summed E-state index contributed by atoms with van der Waals surface area (Å²) in [5.41, 5.74) is 1.38. The molecule has 0 aliphatic carbocycles. The van der Waals surface area contributed by atoms with E-state index in [1.165, 1.54) is 10.6 Å². The summed E-state index contributed by atoms with van der Waals surface area (Å²) in [6, 6.07) is 2.22. The molecular formula is C7H12NS+. The zero-order valence-corrected chi connectivity index (χ0v) is 6.96. The van der Waals surface area contributed by atoms with Crippen molar-refractivity contribution in [2.45, 2.75) is 27.3 Å². The van der Waals surface area contributed by atoms with Crippen LogP contribution >= 0.6 is 11.5 Å². The van der Waals surface area contributed by atoms with Gasteiger partial charge in [-0.15, -0.1) is 3.96 Å². The molecule has 1 rings (SSSR count). The molecule has 1 aromatic rings. The molecule has 9 heavy (non-hydrogen) atoms. The minimum absolute atomic E-state index is 1.10. The average Bonchev–Trinajstić information content (AvgIpc) is 2.10. The number of hydrogen-bond acceptors (Lipinski definition) is 1. The number of hydrogen-bond donors (Lipinski definition) is 0. The number of rotatable bonds is 1. The predicted molar refractivity (Wildman–Crippen MR) is 39.7 cm³/mol. The monoisotopic (exact) mass is 142 g/mol. The lowest BCUT2D eigenvalue weighted by Crippen LogP contribution is -2.29. The first kappa shape index (κ1) is 6.75. The normalized spacial score (nSPS) is 10.1. The molecule has 50 valence electrons. The lowest BCUT2D eigenvalue weighted by molar-refractivity contribution is -0.631. The molecule has 0 spiro atoms. The van der Waals surface area contributed by atoms with Gasteiger partial charge in [-0.3, -0.25) is 0 Å². The highest BCUT2D eigenvalue weighted by atomic mass is 32.1. The van der Waals surface area contributed by atoms with E-state index in [2.05, 4.69) is 30.8 Å². The Bertz CT molecular complexity index is 203. The third kappa shape index (κ3) is 1.30. The number of nitrogens with zero attached hydrogens (tertiary/aromatic N) is 1. The van der Waals surface area contributed by atoms with E-state index in [4.69, 9.17) is 0 Å². The van der Waals surface area contributed by atoms with Gasteiger partial charge >= 0.3 is 0 Å². The van der Waals surface area contributed by atoms with Crippen molar-refractivity contribution in [2.24, 2.45) is 0 Å². The van der Waals surface area contributed by atoms with Gasteiger partial charge in [-0.25, -0.2) is 0 Å². The minimum atomic E-state index is 1.10. The third-order valence-electron chi connectivity index (χ3n) is 1.35. The van der Waals surface area contributed by atoms with E-state index in [1.807, 2.05) is 11.5 Å². The Labute approximate surface area is 60.1 Å². The molecule has 0 radical (unpaired) electrons. The van der Waals surface area contributed by atoms with Crippen molar-refractivity contribution < 1.29 is 3.96 Å². The molecule has 0 saturated heterocycles. The van der Waals surface area contributed by atoms with Crippen LogP contribution in [0.2, 0.25) is 0 Å². The van der Waals surface area contributed by atoms with Gasteiger partial charge in [0.15, 0.2) is 12.2 Å². The number of aromatic nitrogens is 1. The first-order valence-electron chi connectivity index (χ1n) is 3.21. The summed E-state index contributed by atoms with van der Waals surface area (Å²) in [4.78, 5) is 1.40. The average molecular weight is 142 g/mol. The molecule has 0 fully saturated rings. The summed E-state index contributed by atoms with van der Waals surface area (Å²) < 4.78 is 2.29. The van der Waals surface area contributed by atoms with Crippen molar-refractivity contribution in [2.75, 3.05) is 0 Å². The van der Waals surface area contributed by atoms with Crippen LogP contribution in [-0.2, 0) is 6.54 Å². The summed E-state index contributed by atoms with van der Waals surface area (Å²) in [7, 11) is 0. The third-order valence-corrected chi connectivity index (χ3v) is 2.52. The molecule has 0 aromatic carbocycles. The lowest BCUT2D eigenvalue weighted by atomic mass is 10.4. The molecule has 0 saturated carbocycles. The van der Waals surface area contributed by atoms with E-state index in [0.717, 1.165) is 6.54 Å². The molecule has 0 aliphatic rings. The fourth-order valence-corrected chi connectivity index (χ4v) is 1.85. The Balaban J connectivity index is 3.01. The maximum atomic E-state index is 2.29. The van der Waals surface area contributed by atoms with Gasteiger partial charge < -0.3 is 0 Å². The standard InChI is InChI=1S/C7H12NS/c1-4-8-6(2)5-7(3)9-8/h5H,4H2,1-3H3/q+1. The molecule has 0 atom stereocenters. The van der Waals surface area contributed by atoms with Crippen molar-refractivity contribution in [1.82, 2.24) is 0 Å². The van der Waals surface area contributed by atoms with E-state index >= 15 is 0 Å². The van der Waals surface area contributed by atoms with Crippen molar-refractivity contribution in [3.8, 4) is 0 Å². The molecular weight excluding hydrogens is 130 g/mol. The molecule has 0 bridgehead atoms. The van der Waals surface area contributed by atoms with E-state index < -0.39 is 0 Å². The van der Waals surface area contributed by atoms with Gasteiger partial charge in [-0.05, 0) is 13.8 Å². The van der Waals surface area contributed by atoms with Crippen molar-refractivity contribution >= 4 is 11.5 Å². The SMILES string of the molecule is CC[n+]1sc(C)cc1C. The van der Waals surface area contributed by atoms with Gasteiger partial charge in [0, 0.05) is 13.0 Å². The van der Waals surface area contributed by atoms with Crippen LogP contribution in [0.5, 0.6) is 0 Å². The summed E-state index contributed by atoms with van der Waals surface area (Å²) in [6.45, 7) is 7.56. The van der Waals surface area contributed by atoms with Crippen LogP contribution in [0.4, 0.5) is 0 Å². The largest absolute Gasteiger partial charge is 0.193 e. The second-order valence-corrected chi connectivity index (χ2v) is 3.45. The second-order valence-electron chi connectivity index (χ2n) is 2.18. The van der Waals surface area contributed by atoms with Crippen LogP contribution in [0, 0.1) is 13.8 Å². The molecule has 0 unspecified atom stereocenters. The van der Waals surface area contributed by atoms with Crippen LogP contribution in [-0.4, -0.2) is 0 Å². The molecule has 1 aromatic heterocycles. The minimum Gasteiger partial charge on any atom is -0.139 e. The molecule has 0 amide bonds. The first-order chi connectivity index (χ1) is 4.24. The van der Waals surface area contributed by atoms with Crippen LogP contribution < -0.4 is 3.96 Å². The predicted octanol–water partition coefficient (Wildman–Crippen LogP) is 1.67. The summed E-state index contributed by atoms with van der Waals surface area (Å²) in [6.07, 6.45) is 0. The van der Waals surface area contributed by atoms with Gasteiger partial charge in [0.25, 0.3) is 0 Å². The number of aryl methyl sites for hydroxylation is 3. The zero-order valence-electron chi connectivity index (χ0n) is 6.14. The molecule has 1 nitrogen and oxygen atoms in total. The van der Waals surface area contributed by atoms with E-state index in [-0.39, 0.29) is 0 Å². The fourth-order valence-electron chi connectivity index (χ4n) is 0.952. The van der Waals surface area contributed by atoms with E-state index in [0.29, 0.717) is 0 Å². The quantitative estimate of drug-likeness (QED) is 0.525. The Hall–Kier alpha value is -0.370. The van der Waals surface area contributed by atoms with Gasteiger partial charge in [-0.1, -0.05) is 0 Å². The highest BCUT2D eigenvalue weighted by Crippen LogP contribution is 2.03. The van der Waals surface area contributed by atoms with Crippen LogP contribution in [0.25, 0.3) is 0 Å². The van der Waals surface area contributed by atoms with Crippen molar-refractivity contribution in [3.05, 3.63) is 16.6 Å². The Morgan fingerprint density at radius 3 is 2.44 bits per heavy atom. The van der Waals surface area contributed by atoms with Crippen molar-refractivity contribution in [1.29, 1.82) is 0 Å². The van der Waals surface area contributed by atoms with Crippen LogP contribution in [0.15, 0.2) is 6.07 Å². The topological polar surface area (TPSA) is 3.88 Å². The van der Waals surface area contributed by atoms with Crippen molar-refractivity contribution in [3.63, 3.8) is 0 Å². The summed E-state index contributed by atoms with van der Waals surface area (Å²) in [5.74, 6) is 0. The van der Waals surface area contributed by atoms with Gasteiger partial charge in [-0.2, -0.15) is 0 Å². The van der Waals surface area contributed by atoms with E-state index in [1.54, 1.807) is 0 Å². The smallest absolute Gasteiger partial charge is 0.139 e. The second kappa shape index (κ2) is 2.48. The van der Waals surface area contributed by atoms with Crippen LogP contribution in [0.3, 0.4) is 0 Å². The summed E-state index contributed by atoms with van der Waals surface area (Å²) >= 11 is 1.83. The Morgan fingerprint density at radius 1 is 1.56 bits per heavy atom. The van der Waals surface area contributed by atoms with Gasteiger partial charge in [0.2, 0.25) is 0 Å². The fraction of sp³-hybridized carbons (Fsp3) is 0.571. The zero-order chi connectivity index (χ0) is 6.85. The Morgan fingerprint density at radius 2 is 2.22 bits per heavy atom. The molecule has 1 heterocycles. The lowest BCUT2D eigenvalue weighted by Gasteiger charge is -1.81. The Kier molecular flexibility index (Phi) is 1.86. The summed E-state index contributed by atoms with van der Waals surface area (Å²) in [5, 5.41) is 0. The molecule has 0 aliphatic heterocycles. The molecule has 2 heteroatoms. The van der Waals surface area contributed by atoms with Gasteiger partial charge in [0.05, 0.1) is 4.88 Å². The highest BCUT2D eigenvalue weighted by molar-refractivity contribution is 7.01. The van der Waals surface area contributed by atoms with Gasteiger partial charge in [0.1, 0.15) is 11.5 Å². The highest BCUT2D eigenvalue weighted by Gasteiger charge is 2.06. The molecule has 0 N–H and O–H groups in total. The first-order valence-corrected chi connectivity index (χ1v) is 3.98. The maximum absolute atomic E-state index is 2.29. The van der Waals surface area contributed by atoms with E-state index in [9.17, 15) is 0 Å².